The van der Waals surface area contributed by atoms with Gasteiger partial charge in [-0.05, 0) is 24.3 Å². The molecular formula is C12H12FNO2. The van der Waals surface area contributed by atoms with Crippen molar-refractivity contribution in [3.8, 4) is 11.8 Å². The maximum Gasteiger partial charge on any atom is 0.323 e. The SMILES string of the molecule is COC(=O)[C@@H](N)CC#Cc1ccc(F)cc1. The second-order valence-electron chi connectivity index (χ2n) is 3.14. The van der Waals surface area contributed by atoms with Crippen LogP contribution in [0.15, 0.2) is 24.3 Å². The van der Waals surface area contributed by atoms with Crippen molar-refractivity contribution in [1.82, 2.24) is 0 Å². The molecule has 4 heteroatoms. The number of halogens is 1. The zero-order chi connectivity index (χ0) is 12.0. The van der Waals surface area contributed by atoms with E-state index in [9.17, 15) is 9.18 Å². The van der Waals surface area contributed by atoms with Crippen molar-refractivity contribution in [2.75, 3.05) is 7.11 Å². The van der Waals surface area contributed by atoms with E-state index >= 15 is 0 Å². The molecule has 0 amide bonds. The maximum absolute atomic E-state index is 12.6. The Morgan fingerprint density at radius 1 is 1.50 bits per heavy atom. The first-order valence-electron chi connectivity index (χ1n) is 4.71. The average molecular weight is 221 g/mol. The molecule has 1 rings (SSSR count). The highest BCUT2D eigenvalue weighted by molar-refractivity contribution is 5.75. The van der Waals surface area contributed by atoms with Crippen molar-refractivity contribution in [2.45, 2.75) is 12.5 Å². The number of rotatable bonds is 2. The van der Waals surface area contributed by atoms with Crippen molar-refractivity contribution in [1.29, 1.82) is 0 Å². The molecule has 0 aromatic heterocycles. The van der Waals surface area contributed by atoms with Gasteiger partial charge in [-0.3, -0.25) is 4.79 Å². The maximum atomic E-state index is 12.6. The van der Waals surface area contributed by atoms with Gasteiger partial charge in [-0.25, -0.2) is 4.39 Å². The van der Waals surface area contributed by atoms with Crippen LogP contribution in [0.1, 0.15) is 12.0 Å². The molecule has 0 saturated heterocycles. The number of carbonyl (C=O) groups excluding carboxylic acids is 1. The lowest BCUT2D eigenvalue weighted by atomic mass is 10.2. The minimum absolute atomic E-state index is 0.212. The van der Waals surface area contributed by atoms with Crippen LogP contribution < -0.4 is 5.73 Å². The van der Waals surface area contributed by atoms with Crippen molar-refractivity contribution in [2.24, 2.45) is 5.73 Å². The Morgan fingerprint density at radius 3 is 2.69 bits per heavy atom. The summed E-state index contributed by atoms with van der Waals surface area (Å²) in [6.45, 7) is 0. The standard InChI is InChI=1S/C12H12FNO2/c1-16-12(15)11(14)4-2-3-9-5-7-10(13)8-6-9/h5-8,11H,4,14H2,1H3/t11-/m0/s1. The first-order chi connectivity index (χ1) is 7.63. The molecule has 2 N–H and O–H groups in total. The average Bonchev–Trinajstić information content (AvgIpc) is 2.30. The molecule has 1 atom stereocenters. The van der Waals surface area contributed by atoms with E-state index in [1.54, 1.807) is 12.1 Å². The lowest BCUT2D eigenvalue weighted by Gasteiger charge is -2.03. The molecule has 3 nitrogen and oxygen atoms in total. The normalized spacial score (nSPS) is 11.2. The van der Waals surface area contributed by atoms with Crippen LogP contribution in [-0.4, -0.2) is 19.1 Å². The van der Waals surface area contributed by atoms with Crippen LogP contribution in [0.3, 0.4) is 0 Å². The van der Waals surface area contributed by atoms with E-state index < -0.39 is 12.0 Å². The molecule has 0 bridgehead atoms. The Bertz CT molecular complexity index is 417. The van der Waals surface area contributed by atoms with Gasteiger partial charge in [0.15, 0.2) is 0 Å². The van der Waals surface area contributed by atoms with Gasteiger partial charge in [0.25, 0.3) is 0 Å². The van der Waals surface area contributed by atoms with Gasteiger partial charge >= 0.3 is 5.97 Å². The van der Waals surface area contributed by atoms with Crippen molar-refractivity contribution in [3.63, 3.8) is 0 Å². The number of nitrogens with two attached hydrogens (primary N) is 1. The van der Waals surface area contributed by atoms with Gasteiger partial charge < -0.3 is 10.5 Å². The van der Waals surface area contributed by atoms with E-state index in [-0.39, 0.29) is 12.2 Å². The van der Waals surface area contributed by atoms with Crippen LogP contribution in [0, 0.1) is 17.7 Å². The number of esters is 1. The molecule has 0 spiro atoms. The smallest absolute Gasteiger partial charge is 0.323 e. The molecule has 84 valence electrons. The van der Waals surface area contributed by atoms with Crippen LogP contribution in [0.5, 0.6) is 0 Å². The summed E-state index contributed by atoms with van der Waals surface area (Å²) in [5.41, 5.74) is 6.16. The monoisotopic (exact) mass is 221 g/mol. The van der Waals surface area contributed by atoms with Gasteiger partial charge in [-0.2, -0.15) is 0 Å². The zero-order valence-corrected chi connectivity index (χ0v) is 8.87. The Labute approximate surface area is 93.4 Å². The second kappa shape index (κ2) is 5.89. The predicted octanol–water partition coefficient (Wildman–Crippen LogP) is 1.07. The highest BCUT2D eigenvalue weighted by atomic mass is 19.1. The number of ether oxygens (including phenoxy) is 1. The Balaban J connectivity index is 2.55. The fraction of sp³-hybridized carbons (Fsp3) is 0.250. The van der Waals surface area contributed by atoms with Crippen LogP contribution in [0.4, 0.5) is 4.39 Å². The molecule has 0 fully saturated rings. The quantitative estimate of drug-likeness (QED) is 0.600. The molecule has 0 saturated carbocycles. The van der Waals surface area contributed by atoms with E-state index in [4.69, 9.17) is 5.73 Å². The van der Waals surface area contributed by atoms with E-state index in [1.807, 2.05) is 0 Å². The summed E-state index contributed by atoms with van der Waals surface area (Å²) in [4.78, 5) is 10.9. The first kappa shape index (κ1) is 12.2. The highest BCUT2D eigenvalue weighted by Gasteiger charge is 2.10. The molecule has 0 aliphatic heterocycles. The minimum Gasteiger partial charge on any atom is -0.468 e. The molecule has 0 aliphatic rings. The van der Waals surface area contributed by atoms with Gasteiger partial charge in [0, 0.05) is 12.0 Å². The molecule has 1 aromatic carbocycles. The molecule has 1 aromatic rings. The summed E-state index contributed by atoms with van der Waals surface area (Å²) in [5, 5.41) is 0. The summed E-state index contributed by atoms with van der Waals surface area (Å²) >= 11 is 0. The first-order valence-corrected chi connectivity index (χ1v) is 4.71. The third kappa shape index (κ3) is 3.71. The Hall–Kier alpha value is -1.86. The van der Waals surface area contributed by atoms with Crippen molar-refractivity contribution < 1.29 is 13.9 Å². The van der Waals surface area contributed by atoms with E-state index in [0.29, 0.717) is 5.56 Å². The van der Waals surface area contributed by atoms with Gasteiger partial charge in [-0.15, -0.1) is 0 Å². The fourth-order valence-corrected chi connectivity index (χ4v) is 1.03. The van der Waals surface area contributed by atoms with Gasteiger partial charge in [0.2, 0.25) is 0 Å². The number of benzene rings is 1. The molecule has 16 heavy (non-hydrogen) atoms. The minimum atomic E-state index is -0.738. The lowest BCUT2D eigenvalue weighted by molar-refractivity contribution is -0.142. The van der Waals surface area contributed by atoms with Crippen molar-refractivity contribution >= 4 is 5.97 Å². The summed E-state index contributed by atoms with van der Waals surface area (Å²) < 4.78 is 17.0. The molecule has 0 radical (unpaired) electrons. The summed E-state index contributed by atoms with van der Waals surface area (Å²) in [5.74, 6) is 4.71. The third-order valence-corrected chi connectivity index (χ3v) is 1.90. The third-order valence-electron chi connectivity index (χ3n) is 1.90. The molecule has 0 aliphatic carbocycles. The summed E-state index contributed by atoms with van der Waals surface area (Å²) in [6, 6.07) is 5.03. The predicted molar refractivity (Wildman–Crippen MR) is 57.9 cm³/mol. The lowest BCUT2D eigenvalue weighted by Crippen LogP contribution is -2.30. The van der Waals surface area contributed by atoms with Gasteiger partial charge in [0.1, 0.15) is 11.9 Å². The van der Waals surface area contributed by atoms with E-state index in [1.165, 1.54) is 19.2 Å². The summed E-state index contributed by atoms with van der Waals surface area (Å²) in [6.07, 6.45) is 0.212. The van der Waals surface area contributed by atoms with Gasteiger partial charge in [0.05, 0.1) is 7.11 Å². The van der Waals surface area contributed by atoms with Crippen LogP contribution in [-0.2, 0) is 9.53 Å². The number of carbonyl (C=O) groups is 1. The van der Waals surface area contributed by atoms with Crippen LogP contribution in [0.2, 0.25) is 0 Å². The highest BCUT2D eigenvalue weighted by Crippen LogP contribution is 2.00. The number of hydrogen-bond donors (Lipinski definition) is 1. The number of hydrogen-bond acceptors (Lipinski definition) is 3. The van der Waals surface area contributed by atoms with Crippen LogP contribution in [0.25, 0.3) is 0 Å². The van der Waals surface area contributed by atoms with Crippen LogP contribution >= 0.6 is 0 Å². The van der Waals surface area contributed by atoms with E-state index in [0.717, 1.165) is 0 Å². The Morgan fingerprint density at radius 2 is 2.12 bits per heavy atom. The summed E-state index contributed by atoms with van der Waals surface area (Å²) in [7, 11) is 1.27. The molecule has 0 heterocycles. The van der Waals surface area contributed by atoms with Crippen molar-refractivity contribution in [3.05, 3.63) is 35.6 Å². The topological polar surface area (TPSA) is 52.3 Å². The Kier molecular flexibility index (Phi) is 4.49. The second-order valence-corrected chi connectivity index (χ2v) is 3.14. The molecular weight excluding hydrogens is 209 g/mol. The molecule has 0 unspecified atom stereocenters. The van der Waals surface area contributed by atoms with E-state index in [2.05, 4.69) is 16.6 Å². The number of methoxy groups -OCH3 is 1. The fourth-order valence-electron chi connectivity index (χ4n) is 1.03. The largest absolute Gasteiger partial charge is 0.468 e. The zero-order valence-electron chi connectivity index (χ0n) is 8.87. The van der Waals surface area contributed by atoms with Gasteiger partial charge in [-0.1, -0.05) is 11.8 Å².